The molecule has 3 heterocycles. The molecule has 0 radical (unpaired) electrons. The maximum atomic E-state index is 12.9. The van der Waals surface area contributed by atoms with E-state index in [2.05, 4.69) is 10.1 Å². The van der Waals surface area contributed by atoms with Gasteiger partial charge in [0.05, 0.1) is 29.9 Å². The molecule has 0 aliphatic carbocycles. The number of rotatable bonds is 2. The standard InChI is InChI=1S/C18H13ClN4O3/c1-10-3-4-11(7-14(10)19)22-6-5-15-12(17(22)24)8-20-16-13(18(25)26-2)9-21-23(15)16/h3-9H,1-2H3. The highest BCUT2D eigenvalue weighted by Crippen LogP contribution is 2.20. The van der Waals surface area contributed by atoms with Gasteiger partial charge in [-0.3, -0.25) is 9.36 Å². The van der Waals surface area contributed by atoms with Gasteiger partial charge in [-0.2, -0.15) is 5.10 Å². The van der Waals surface area contributed by atoms with Crippen LogP contribution in [0.15, 0.2) is 47.7 Å². The zero-order chi connectivity index (χ0) is 18.4. The maximum absolute atomic E-state index is 12.9. The van der Waals surface area contributed by atoms with Crippen molar-refractivity contribution in [1.82, 2.24) is 19.2 Å². The number of fused-ring (bicyclic) bond motifs is 3. The zero-order valence-electron chi connectivity index (χ0n) is 13.9. The van der Waals surface area contributed by atoms with E-state index in [1.165, 1.54) is 28.6 Å². The Kier molecular flexibility index (Phi) is 3.73. The number of hydrogen-bond acceptors (Lipinski definition) is 5. The molecule has 0 amide bonds. The van der Waals surface area contributed by atoms with Gasteiger partial charge in [0.15, 0.2) is 5.65 Å². The van der Waals surface area contributed by atoms with Gasteiger partial charge in [0.2, 0.25) is 0 Å². The number of carbonyl (C=O) groups excluding carboxylic acids is 1. The van der Waals surface area contributed by atoms with Gasteiger partial charge in [-0.1, -0.05) is 17.7 Å². The van der Waals surface area contributed by atoms with Crippen LogP contribution in [0, 0.1) is 6.92 Å². The van der Waals surface area contributed by atoms with Gasteiger partial charge in [0, 0.05) is 17.4 Å². The molecule has 3 aromatic heterocycles. The Labute approximate surface area is 152 Å². The Morgan fingerprint density at radius 1 is 1.23 bits per heavy atom. The van der Waals surface area contributed by atoms with Crippen LogP contribution in [0.25, 0.3) is 22.2 Å². The number of benzene rings is 1. The predicted octanol–water partition coefficient (Wildman–Crippen LogP) is 2.78. The van der Waals surface area contributed by atoms with Gasteiger partial charge in [-0.05, 0) is 30.7 Å². The van der Waals surface area contributed by atoms with Crippen molar-refractivity contribution in [2.45, 2.75) is 6.92 Å². The first-order valence-electron chi connectivity index (χ1n) is 7.74. The molecule has 1 aromatic carbocycles. The fraction of sp³-hybridized carbons (Fsp3) is 0.111. The molecule has 7 nitrogen and oxygen atoms in total. The van der Waals surface area contributed by atoms with Crippen LogP contribution >= 0.6 is 11.6 Å². The van der Waals surface area contributed by atoms with E-state index in [9.17, 15) is 9.59 Å². The van der Waals surface area contributed by atoms with Crippen molar-refractivity contribution < 1.29 is 9.53 Å². The van der Waals surface area contributed by atoms with Crippen molar-refractivity contribution in [2.75, 3.05) is 7.11 Å². The van der Waals surface area contributed by atoms with Crippen molar-refractivity contribution in [3.05, 3.63) is 69.4 Å². The van der Waals surface area contributed by atoms with Crippen LogP contribution < -0.4 is 5.56 Å². The van der Waals surface area contributed by atoms with Crippen LogP contribution in [0.2, 0.25) is 5.02 Å². The normalized spacial score (nSPS) is 11.2. The molecule has 8 heteroatoms. The second kappa shape index (κ2) is 5.96. The summed E-state index contributed by atoms with van der Waals surface area (Å²) < 4.78 is 7.67. The predicted molar refractivity (Wildman–Crippen MR) is 97.2 cm³/mol. The number of hydrogen-bond donors (Lipinski definition) is 0. The lowest BCUT2D eigenvalue weighted by molar-refractivity contribution is 0.0602. The van der Waals surface area contributed by atoms with E-state index in [4.69, 9.17) is 16.3 Å². The van der Waals surface area contributed by atoms with E-state index < -0.39 is 5.97 Å². The van der Waals surface area contributed by atoms with Crippen molar-refractivity contribution in [2.24, 2.45) is 0 Å². The molecule has 4 aromatic rings. The topological polar surface area (TPSA) is 78.5 Å². The zero-order valence-corrected chi connectivity index (χ0v) is 14.7. The van der Waals surface area contributed by atoms with Crippen molar-refractivity contribution in [1.29, 1.82) is 0 Å². The molecule has 26 heavy (non-hydrogen) atoms. The minimum Gasteiger partial charge on any atom is -0.465 e. The highest BCUT2D eigenvalue weighted by Gasteiger charge is 2.17. The Hall–Kier alpha value is -3.19. The molecule has 0 saturated carbocycles. The molecular formula is C18H13ClN4O3. The number of methoxy groups -OCH3 is 1. The molecule has 0 saturated heterocycles. The second-order valence-corrected chi connectivity index (χ2v) is 6.17. The van der Waals surface area contributed by atoms with E-state index in [0.717, 1.165) is 5.56 Å². The van der Waals surface area contributed by atoms with Crippen LogP contribution in [-0.4, -0.2) is 32.2 Å². The van der Waals surface area contributed by atoms with E-state index in [0.29, 0.717) is 27.3 Å². The highest BCUT2D eigenvalue weighted by molar-refractivity contribution is 6.31. The van der Waals surface area contributed by atoms with E-state index in [1.807, 2.05) is 19.1 Å². The quantitative estimate of drug-likeness (QED) is 0.508. The van der Waals surface area contributed by atoms with Gasteiger partial charge in [-0.25, -0.2) is 14.3 Å². The fourth-order valence-corrected chi connectivity index (χ4v) is 2.98. The summed E-state index contributed by atoms with van der Waals surface area (Å²) in [4.78, 5) is 28.9. The summed E-state index contributed by atoms with van der Waals surface area (Å²) >= 11 is 6.17. The molecule has 130 valence electrons. The van der Waals surface area contributed by atoms with Crippen LogP contribution in [0.4, 0.5) is 0 Å². The Morgan fingerprint density at radius 3 is 2.77 bits per heavy atom. The maximum Gasteiger partial charge on any atom is 0.343 e. The summed E-state index contributed by atoms with van der Waals surface area (Å²) in [6.45, 7) is 1.90. The van der Waals surface area contributed by atoms with Gasteiger partial charge in [0.1, 0.15) is 5.56 Å². The van der Waals surface area contributed by atoms with Gasteiger partial charge in [0.25, 0.3) is 5.56 Å². The first-order valence-corrected chi connectivity index (χ1v) is 8.12. The largest absolute Gasteiger partial charge is 0.465 e. The smallest absolute Gasteiger partial charge is 0.343 e. The van der Waals surface area contributed by atoms with Gasteiger partial charge in [-0.15, -0.1) is 0 Å². The molecule has 0 spiro atoms. The Bertz CT molecular complexity index is 1240. The number of halogens is 1. The number of aromatic nitrogens is 4. The first-order chi connectivity index (χ1) is 12.5. The minimum absolute atomic E-state index is 0.240. The fourth-order valence-electron chi connectivity index (χ4n) is 2.81. The van der Waals surface area contributed by atoms with Crippen molar-refractivity contribution in [3.63, 3.8) is 0 Å². The summed E-state index contributed by atoms with van der Waals surface area (Å²) in [5, 5.41) is 5.12. The average molecular weight is 369 g/mol. The monoisotopic (exact) mass is 368 g/mol. The molecule has 0 aliphatic rings. The molecule has 0 bridgehead atoms. The third-order valence-corrected chi connectivity index (χ3v) is 4.64. The molecule has 0 fully saturated rings. The Morgan fingerprint density at radius 2 is 2.04 bits per heavy atom. The van der Waals surface area contributed by atoms with Crippen LogP contribution in [0.5, 0.6) is 0 Å². The molecule has 4 rings (SSSR count). The average Bonchev–Trinajstić information content (AvgIpc) is 3.08. The van der Waals surface area contributed by atoms with E-state index >= 15 is 0 Å². The van der Waals surface area contributed by atoms with Gasteiger partial charge >= 0.3 is 5.97 Å². The number of esters is 1. The van der Waals surface area contributed by atoms with Crippen LogP contribution in [-0.2, 0) is 4.74 Å². The highest BCUT2D eigenvalue weighted by atomic mass is 35.5. The summed E-state index contributed by atoms with van der Waals surface area (Å²) in [7, 11) is 1.29. The lowest BCUT2D eigenvalue weighted by Crippen LogP contribution is -2.19. The third-order valence-electron chi connectivity index (χ3n) is 4.23. The van der Waals surface area contributed by atoms with Crippen molar-refractivity contribution >= 4 is 34.1 Å². The second-order valence-electron chi connectivity index (χ2n) is 5.77. The summed E-state index contributed by atoms with van der Waals surface area (Å²) in [6, 6.07) is 7.15. The molecular weight excluding hydrogens is 356 g/mol. The number of pyridine rings is 1. The molecule has 0 unspecified atom stereocenters. The van der Waals surface area contributed by atoms with Gasteiger partial charge < -0.3 is 4.74 Å². The molecule has 0 atom stereocenters. The number of aryl methyl sites for hydroxylation is 1. The lowest BCUT2D eigenvalue weighted by Gasteiger charge is -2.09. The molecule has 0 N–H and O–H groups in total. The summed E-state index contributed by atoms with van der Waals surface area (Å²) in [5.41, 5.74) is 2.45. The molecule has 0 aliphatic heterocycles. The number of nitrogens with zero attached hydrogens (tertiary/aromatic N) is 4. The summed E-state index contributed by atoms with van der Waals surface area (Å²) in [5.74, 6) is -0.533. The lowest BCUT2D eigenvalue weighted by atomic mass is 10.2. The summed E-state index contributed by atoms with van der Waals surface area (Å²) in [6.07, 6.45) is 4.46. The van der Waals surface area contributed by atoms with Crippen LogP contribution in [0.1, 0.15) is 15.9 Å². The third kappa shape index (κ3) is 2.36. The first kappa shape index (κ1) is 16.3. The minimum atomic E-state index is -0.533. The van der Waals surface area contributed by atoms with E-state index in [-0.39, 0.29) is 11.1 Å². The number of carbonyl (C=O) groups is 1. The Balaban J connectivity index is 1.96. The van der Waals surface area contributed by atoms with E-state index in [1.54, 1.807) is 18.3 Å². The van der Waals surface area contributed by atoms with Crippen molar-refractivity contribution in [3.8, 4) is 5.69 Å². The number of ether oxygens (including phenoxy) is 1. The van der Waals surface area contributed by atoms with Crippen LogP contribution in [0.3, 0.4) is 0 Å². The SMILES string of the molecule is COC(=O)c1cnn2c1ncc1c(=O)n(-c3ccc(C)c(Cl)c3)ccc12.